The summed E-state index contributed by atoms with van der Waals surface area (Å²) in [4.78, 5) is 2.42. The number of nitrogens with zero attached hydrogens (tertiary/aromatic N) is 1. The Labute approximate surface area is 118 Å². The average molecular weight is 268 g/mol. The third-order valence-corrected chi connectivity index (χ3v) is 5.70. The SMILES string of the molecule is CCC(C)(CN)N(C)CC1CCC2(CCCCC2)O1. The highest BCUT2D eigenvalue weighted by Gasteiger charge is 2.41. The Morgan fingerprint density at radius 1 is 1.26 bits per heavy atom. The van der Waals surface area contributed by atoms with E-state index in [-0.39, 0.29) is 11.1 Å². The fourth-order valence-corrected chi connectivity index (χ4v) is 3.68. The molecular weight excluding hydrogens is 236 g/mol. The Balaban J connectivity index is 1.87. The summed E-state index contributed by atoms with van der Waals surface area (Å²) in [6.07, 6.45) is 10.7. The van der Waals surface area contributed by atoms with Crippen LogP contribution in [0, 0.1) is 0 Å². The van der Waals surface area contributed by atoms with Gasteiger partial charge in [0, 0.05) is 18.6 Å². The maximum Gasteiger partial charge on any atom is 0.0710 e. The molecule has 1 heterocycles. The normalized spacial score (nSPS) is 29.8. The van der Waals surface area contributed by atoms with Crippen molar-refractivity contribution in [2.45, 2.75) is 82.5 Å². The predicted molar refractivity (Wildman–Crippen MR) is 80.3 cm³/mol. The second-order valence-corrected chi connectivity index (χ2v) is 6.96. The van der Waals surface area contributed by atoms with Crippen LogP contribution in [0.2, 0.25) is 0 Å². The highest BCUT2D eigenvalue weighted by Crippen LogP contribution is 2.42. The molecule has 1 aliphatic heterocycles. The summed E-state index contributed by atoms with van der Waals surface area (Å²) in [6.45, 7) is 6.24. The standard InChI is InChI=1S/C16H32N2O/c1-4-15(2,13-17)18(3)12-14-8-11-16(19-14)9-6-5-7-10-16/h14H,4-13,17H2,1-3H3. The lowest BCUT2D eigenvalue weighted by Crippen LogP contribution is -2.51. The first-order valence-electron chi connectivity index (χ1n) is 8.13. The van der Waals surface area contributed by atoms with E-state index in [1.807, 2.05) is 0 Å². The quantitative estimate of drug-likeness (QED) is 0.833. The van der Waals surface area contributed by atoms with Gasteiger partial charge in [0.15, 0.2) is 0 Å². The summed E-state index contributed by atoms with van der Waals surface area (Å²) in [5.41, 5.74) is 6.31. The van der Waals surface area contributed by atoms with Gasteiger partial charge in [0.1, 0.15) is 0 Å². The van der Waals surface area contributed by atoms with Crippen LogP contribution in [0.5, 0.6) is 0 Å². The lowest BCUT2D eigenvalue weighted by Gasteiger charge is -2.39. The van der Waals surface area contributed by atoms with E-state index in [2.05, 4.69) is 25.8 Å². The fourth-order valence-electron chi connectivity index (χ4n) is 3.68. The zero-order chi connectivity index (χ0) is 13.9. The maximum atomic E-state index is 6.46. The molecule has 0 aromatic heterocycles. The van der Waals surface area contributed by atoms with Crippen molar-refractivity contribution in [3.8, 4) is 0 Å². The lowest BCUT2D eigenvalue weighted by atomic mass is 9.83. The minimum atomic E-state index is 0.117. The van der Waals surface area contributed by atoms with E-state index in [1.54, 1.807) is 0 Å². The van der Waals surface area contributed by atoms with Crippen LogP contribution in [0.4, 0.5) is 0 Å². The fraction of sp³-hybridized carbons (Fsp3) is 1.00. The van der Waals surface area contributed by atoms with E-state index >= 15 is 0 Å². The topological polar surface area (TPSA) is 38.5 Å². The van der Waals surface area contributed by atoms with Gasteiger partial charge in [0.05, 0.1) is 11.7 Å². The first-order valence-corrected chi connectivity index (χ1v) is 8.13. The molecule has 19 heavy (non-hydrogen) atoms. The van der Waals surface area contributed by atoms with Crippen LogP contribution in [0.1, 0.15) is 65.2 Å². The van der Waals surface area contributed by atoms with E-state index in [9.17, 15) is 0 Å². The monoisotopic (exact) mass is 268 g/mol. The molecule has 0 radical (unpaired) electrons. The van der Waals surface area contributed by atoms with Crippen molar-refractivity contribution in [3.05, 3.63) is 0 Å². The molecule has 0 aromatic rings. The van der Waals surface area contributed by atoms with Crippen molar-refractivity contribution in [3.63, 3.8) is 0 Å². The van der Waals surface area contributed by atoms with E-state index in [1.165, 1.54) is 44.9 Å². The molecule has 2 unspecified atom stereocenters. The van der Waals surface area contributed by atoms with Gasteiger partial charge in [-0.15, -0.1) is 0 Å². The van der Waals surface area contributed by atoms with E-state index < -0.39 is 0 Å². The van der Waals surface area contributed by atoms with Crippen molar-refractivity contribution >= 4 is 0 Å². The van der Waals surface area contributed by atoms with Crippen molar-refractivity contribution in [2.24, 2.45) is 5.73 Å². The molecule has 112 valence electrons. The van der Waals surface area contributed by atoms with Gasteiger partial charge >= 0.3 is 0 Å². The van der Waals surface area contributed by atoms with Crippen LogP contribution in [0.3, 0.4) is 0 Å². The number of hydrogen-bond donors (Lipinski definition) is 1. The Kier molecular flexibility index (Phi) is 4.91. The molecular formula is C16H32N2O. The summed E-state index contributed by atoms with van der Waals surface area (Å²) < 4.78 is 6.46. The smallest absolute Gasteiger partial charge is 0.0710 e. The first kappa shape index (κ1) is 15.3. The van der Waals surface area contributed by atoms with Gasteiger partial charge in [-0.05, 0) is 46.1 Å². The van der Waals surface area contributed by atoms with Gasteiger partial charge in [-0.2, -0.15) is 0 Å². The minimum absolute atomic E-state index is 0.117. The Morgan fingerprint density at radius 2 is 1.95 bits per heavy atom. The number of likely N-dealkylation sites (N-methyl/N-ethyl adjacent to an activating group) is 1. The summed E-state index contributed by atoms with van der Waals surface area (Å²) in [6, 6.07) is 0. The molecule has 2 atom stereocenters. The van der Waals surface area contributed by atoms with Crippen LogP contribution >= 0.6 is 0 Å². The second-order valence-electron chi connectivity index (χ2n) is 6.96. The van der Waals surface area contributed by atoms with Gasteiger partial charge in [-0.25, -0.2) is 0 Å². The van der Waals surface area contributed by atoms with Gasteiger partial charge in [-0.3, -0.25) is 4.90 Å². The van der Waals surface area contributed by atoms with E-state index in [0.717, 1.165) is 19.5 Å². The third-order valence-electron chi connectivity index (χ3n) is 5.70. The second kappa shape index (κ2) is 6.11. The molecule has 0 amide bonds. The largest absolute Gasteiger partial charge is 0.370 e. The zero-order valence-electron chi connectivity index (χ0n) is 13.1. The molecule has 3 heteroatoms. The van der Waals surface area contributed by atoms with Crippen molar-refractivity contribution in [1.82, 2.24) is 4.90 Å². The first-order chi connectivity index (χ1) is 9.03. The molecule has 2 aliphatic rings. The van der Waals surface area contributed by atoms with Gasteiger partial charge in [0.25, 0.3) is 0 Å². The third kappa shape index (κ3) is 3.32. The molecule has 1 aliphatic carbocycles. The molecule has 3 nitrogen and oxygen atoms in total. The Bertz CT molecular complexity index is 282. The highest BCUT2D eigenvalue weighted by molar-refractivity contribution is 4.93. The minimum Gasteiger partial charge on any atom is -0.370 e. The number of nitrogens with two attached hydrogens (primary N) is 1. The van der Waals surface area contributed by atoms with Crippen LogP contribution < -0.4 is 5.73 Å². The molecule has 0 bridgehead atoms. The molecule has 1 saturated carbocycles. The van der Waals surface area contributed by atoms with Crippen LogP contribution in [-0.4, -0.2) is 42.3 Å². The number of ether oxygens (including phenoxy) is 1. The van der Waals surface area contributed by atoms with Crippen molar-refractivity contribution < 1.29 is 4.74 Å². The summed E-state index contributed by atoms with van der Waals surface area (Å²) in [5.74, 6) is 0. The molecule has 2 N–H and O–H groups in total. The summed E-state index contributed by atoms with van der Waals surface area (Å²) in [7, 11) is 2.20. The summed E-state index contributed by atoms with van der Waals surface area (Å²) in [5, 5.41) is 0. The van der Waals surface area contributed by atoms with Crippen LogP contribution in [0.25, 0.3) is 0 Å². The highest BCUT2D eigenvalue weighted by atomic mass is 16.5. The molecule has 0 aromatic carbocycles. The maximum absolute atomic E-state index is 6.46. The molecule has 2 fully saturated rings. The van der Waals surface area contributed by atoms with Crippen LogP contribution in [-0.2, 0) is 4.74 Å². The van der Waals surface area contributed by atoms with Crippen molar-refractivity contribution in [2.75, 3.05) is 20.1 Å². The molecule has 1 spiro atoms. The van der Waals surface area contributed by atoms with Crippen molar-refractivity contribution in [1.29, 1.82) is 0 Å². The van der Waals surface area contributed by atoms with Gasteiger partial charge in [-0.1, -0.05) is 26.2 Å². The summed E-state index contributed by atoms with van der Waals surface area (Å²) >= 11 is 0. The van der Waals surface area contributed by atoms with Gasteiger partial charge in [0.2, 0.25) is 0 Å². The Morgan fingerprint density at radius 3 is 2.53 bits per heavy atom. The molecule has 1 saturated heterocycles. The Hall–Kier alpha value is -0.120. The zero-order valence-corrected chi connectivity index (χ0v) is 13.1. The number of rotatable bonds is 5. The predicted octanol–water partition coefficient (Wildman–Crippen LogP) is 2.93. The number of hydrogen-bond acceptors (Lipinski definition) is 3. The van der Waals surface area contributed by atoms with E-state index in [0.29, 0.717) is 6.10 Å². The lowest BCUT2D eigenvalue weighted by molar-refractivity contribution is -0.0770. The average Bonchev–Trinajstić information content (AvgIpc) is 2.81. The molecule has 2 rings (SSSR count). The van der Waals surface area contributed by atoms with Crippen LogP contribution in [0.15, 0.2) is 0 Å². The van der Waals surface area contributed by atoms with Gasteiger partial charge < -0.3 is 10.5 Å². The van der Waals surface area contributed by atoms with E-state index in [4.69, 9.17) is 10.5 Å².